The molecule has 6 heteroatoms. The van der Waals surface area contributed by atoms with Crippen molar-refractivity contribution in [3.05, 3.63) is 52.7 Å². The van der Waals surface area contributed by atoms with E-state index in [1.807, 2.05) is 0 Å². The molecule has 2 aliphatic heterocycles. The molecule has 3 heterocycles. The molecule has 0 atom stereocenters. The Morgan fingerprint density at radius 2 is 1.88 bits per heavy atom. The highest BCUT2D eigenvalue weighted by Gasteiger charge is 2.27. The Balaban J connectivity index is 1.41. The van der Waals surface area contributed by atoms with Gasteiger partial charge in [-0.25, -0.2) is 4.98 Å². The van der Waals surface area contributed by atoms with Gasteiger partial charge in [-0.15, -0.1) is 0 Å². The molecule has 138 valence electrons. The third-order valence-corrected chi connectivity index (χ3v) is 5.23. The number of amides is 1. The summed E-state index contributed by atoms with van der Waals surface area (Å²) in [6.07, 6.45) is 1.62. The first kappa shape index (κ1) is 17.2. The molecule has 1 saturated heterocycles. The maximum absolute atomic E-state index is 12.6. The average Bonchev–Trinajstić information content (AvgIpc) is 3.00. The summed E-state index contributed by atoms with van der Waals surface area (Å²) < 4.78 is 11.2. The summed E-state index contributed by atoms with van der Waals surface area (Å²) in [5.74, 6) is 0.997. The molecule has 1 aromatic carbocycles. The zero-order valence-corrected chi connectivity index (χ0v) is 15.2. The highest BCUT2D eigenvalue weighted by molar-refractivity contribution is 5.89. The Hall–Kier alpha value is -2.18. The highest BCUT2D eigenvalue weighted by Crippen LogP contribution is 2.20. The van der Waals surface area contributed by atoms with E-state index in [4.69, 9.17) is 9.15 Å². The number of benzene rings is 1. The number of aryl methyl sites for hydroxylation is 1. The Morgan fingerprint density at radius 1 is 1.12 bits per heavy atom. The molecule has 0 unspecified atom stereocenters. The normalized spacial score (nSPS) is 18.4. The third kappa shape index (κ3) is 3.66. The molecule has 1 aromatic heterocycles. The lowest BCUT2D eigenvalue weighted by atomic mass is 10.1. The number of morpholine rings is 1. The van der Waals surface area contributed by atoms with E-state index < -0.39 is 0 Å². The number of nitrogens with zero attached hydrogens (tertiary/aromatic N) is 3. The van der Waals surface area contributed by atoms with Crippen LogP contribution in [0, 0.1) is 6.92 Å². The minimum atomic E-state index is -0.113. The molecule has 2 aliphatic rings. The minimum Gasteiger partial charge on any atom is -0.437 e. The van der Waals surface area contributed by atoms with Crippen LogP contribution in [0.4, 0.5) is 0 Å². The summed E-state index contributed by atoms with van der Waals surface area (Å²) in [4.78, 5) is 21.3. The van der Waals surface area contributed by atoms with Crippen molar-refractivity contribution in [2.75, 3.05) is 39.4 Å². The first-order chi connectivity index (χ1) is 12.7. The van der Waals surface area contributed by atoms with Gasteiger partial charge in [-0.3, -0.25) is 9.69 Å². The molecule has 0 saturated carbocycles. The van der Waals surface area contributed by atoms with E-state index >= 15 is 0 Å². The van der Waals surface area contributed by atoms with Crippen LogP contribution in [0.25, 0.3) is 0 Å². The highest BCUT2D eigenvalue weighted by atomic mass is 16.5. The van der Waals surface area contributed by atoms with E-state index in [9.17, 15) is 4.79 Å². The number of rotatable bonds is 3. The number of fused-ring (bicyclic) bond motifs is 1. The lowest BCUT2D eigenvalue weighted by Crippen LogP contribution is -2.40. The van der Waals surface area contributed by atoms with Gasteiger partial charge in [-0.1, -0.05) is 24.3 Å². The molecule has 0 N–H and O–H groups in total. The molecule has 1 fully saturated rings. The summed E-state index contributed by atoms with van der Waals surface area (Å²) in [5, 5.41) is 0. The van der Waals surface area contributed by atoms with Crippen molar-refractivity contribution in [2.24, 2.45) is 0 Å². The molecular formula is C20H25N3O3. The van der Waals surface area contributed by atoms with Crippen LogP contribution in [0.2, 0.25) is 0 Å². The van der Waals surface area contributed by atoms with Crippen molar-refractivity contribution in [1.29, 1.82) is 0 Å². The molecule has 2 aromatic rings. The first-order valence-electron chi connectivity index (χ1n) is 9.33. The van der Waals surface area contributed by atoms with Crippen molar-refractivity contribution >= 4 is 5.91 Å². The fourth-order valence-corrected chi connectivity index (χ4v) is 3.59. The van der Waals surface area contributed by atoms with E-state index in [0.29, 0.717) is 26.3 Å². The van der Waals surface area contributed by atoms with Crippen LogP contribution in [-0.4, -0.2) is 60.1 Å². The molecule has 1 amide bonds. The van der Waals surface area contributed by atoms with E-state index in [0.717, 1.165) is 43.9 Å². The van der Waals surface area contributed by atoms with Crippen LogP contribution < -0.4 is 0 Å². The van der Waals surface area contributed by atoms with Crippen molar-refractivity contribution in [1.82, 2.24) is 14.8 Å². The van der Waals surface area contributed by atoms with Gasteiger partial charge in [0.25, 0.3) is 5.89 Å². The number of aromatic nitrogens is 1. The molecule has 0 radical (unpaired) electrons. The van der Waals surface area contributed by atoms with Crippen LogP contribution >= 0.6 is 0 Å². The molecule has 0 bridgehead atoms. The maximum atomic E-state index is 12.6. The molecule has 26 heavy (non-hydrogen) atoms. The number of oxazole rings is 1. The lowest BCUT2D eigenvalue weighted by Gasteiger charge is -2.25. The minimum absolute atomic E-state index is 0.113. The van der Waals surface area contributed by atoms with E-state index in [1.165, 1.54) is 11.1 Å². The van der Waals surface area contributed by atoms with Crippen molar-refractivity contribution < 1.29 is 13.9 Å². The van der Waals surface area contributed by atoms with Gasteiger partial charge in [0.15, 0.2) is 0 Å². The number of ether oxygens (including phenoxy) is 1. The monoisotopic (exact) mass is 355 g/mol. The van der Waals surface area contributed by atoms with Crippen molar-refractivity contribution in [3.8, 4) is 0 Å². The van der Waals surface area contributed by atoms with Crippen LogP contribution in [0.1, 0.15) is 33.3 Å². The second-order valence-electron chi connectivity index (χ2n) is 7.00. The number of hydrogen-bond acceptors (Lipinski definition) is 5. The van der Waals surface area contributed by atoms with Crippen molar-refractivity contribution in [3.63, 3.8) is 0 Å². The van der Waals surface area contributed by atoms with Crippen LogP contribution in [-0.2, 0) is 24.1 Å². The Kier molecular flexibility index (Phi) is 5.04. The van der Waals surface area contributed by atoms with Gasteiger partial charge in [0.2, 0.25) is 0 Å². The molecule has 0 aliphatic carbocycles. The average molecular weight is 355 g/mol. The molecular weight excluding hydrogens is 330 g/mol. The summed E-state index contributed by atoms with van der Waals surface area (Å²) in [6, 6.07) is 8.51. The number of hydrogen-bond donors (Lipinski definition) is 0. The molecule has 4 rings (SSSR count). The van der Waals surface area contributed by atoms with Gasteiger partial charge >= 0.3 is 5.91 Å². The summed E-state index contributed by atoms with van der Waals surface area (Å²) in [6.45, 7) is 7.33. The first-order valence-corrected chi connectivity index (χ1v) is 9.33. The fourth-order valence-electron chi connectivity index (χ4n) is 3.59. The predicted molar refractivity (Wildman–Crippen MR) is 97.1 cm³/mol. The number of carbonyl (C=O) groups is 1. The maximum Gasteiger partial charge on any atom is 0.309 e. The second-order valence-corrected chi connectivity index (χ2v) is 7.00. The van der Waals surface area contributed by atoms with Gasteiger partial charge in [-0.05, 0) is 18.1 Å². The van der Waals surface area contributed by atoms with Crippen LogP contribution in [0.15, 0.2) is 28.7 Å². The van der Waals surface area contributed by atoms with E-state index in [1.54, 1.807) is 4.90 Å². The Labute approximate surface area is 153 Å². The summed E-state index contributed by atoms with van der Waals surface area (Å²) in [5.41, 5.74) is 3.63. The van der Waals surface area contributed by atoms with Crippen molar-refractivity contribution in [2.45, 2.75) is 26.3 Å². The van der Waals surface area contributed by atoms with Gasteiger partial charge in [-0.2, -0.15) is 0 Å². The zero-order chi connectivity index (χ0) is 17.9. The third-order valence-electron chi connectivity index (χ3n) is 5.23. The summed E-state index contributed by atoms with van der Waals surface area (Å²) in [7, 11) is 0. The van der Waals surface area contributed by atoms with E-state index in [2.05, 4.69) is 41.1 Å². The topological polar surface area (TPSA) is 58.8 Å². The molecule has 0 spiro atoms. The SMILES string of the molecule is Cc1ccccc1CN1CCc2nc(C(=O)N3CCOCC3)oc2CC1. The largest absolute Gasteiger partial charge is 0.437 e. The van der Waals surface area contributed by atoms with Gasteiger partial charge < -0.3 is 14.1 Å². The standard InChI is InChI=1S/C20H25N3O3/c1-15-4-2-3-5-16(15)14-22-8-6-17-18(7-9-22)26-19(21-17)20(24)23-10-12-25-13-11-23/h2-5H,6-14H2,1H3. The van der Waals surface area contributed by atoms with Gasteiger partial charge in [0, 0.05) is 45.6 Å². The number of carbonyl (C=O) groups excluding carboxylic acids is 1. The quantitative estimate of drug-likeness (QED) is 0.843. The second kappa shape index (κ2) is 7.60. The predicted octanol–water partition coefficient (Wildman–Crippen LogP) is 2.06. The van der Waals surface area contributed by atoms with Gasteiger partial charge in [0.05, 0.1) is 18.9 Å². The van der Waals surface area contributed by atoms with Crippen LogP contribution in [0.3, 0.4) is 0 Å². The lowest BCUT2D eigenvalue weighted by molar-refractivity contribution is 0.0276. The fraction of sp³-hybridized carbons (Fsp3) is 0.500. The molecule has 6 nitrogen and oxygen atoms in total. The van der Waals surface area contributed by atoms with E-state index in [-0.39, 0.29) is 11.8 Å². The van der Waals surface area contributed by atoms with Gasteiger partial charge in [0.1, 0.15) is 5.76 Å². The Morgan fingerprint density at radius 3 is 2.69 bits per heavy atom. The zero-order valence-electron chi connectivity index (χ0n) is 15.2. The Bertz CT molecular complexity index is 755. The smallest absolute Gasteiger partial charge is 0.309 e. The summed E-state index contributed by atoms with van der Waals surface area (Å²) >= 11 is 0. The van der Waals surface area contributed by atoms with Crippen LogP contribution in [0.5, 0.6) is 0 Å².